The Kier molecular flexibility index (Phi) is 5.07. The van der Waals surface area contributed by atoms with E-state index in [9.17, 15) is 4.79 Å². The zero-order chi connectivity index (χ0) is 16.8. The third kappa shape index (κ3) is 4.11. The number of ketones is 1. The fraction of sp³-hybridized carbons (Fsp3) is 0.136. The van der Waals surface area contributed by atoms with Gasteiger partial charge in [-0.25, -0.2) is 0 Å². The van der Waals surface area contributed by atoms with Crippen molar-refractivity contribution in [3.8, 4) is 0 Å². The number of anilines is 1. The molecule has 0 spiro atoms. The summed E-state index contributed by atoms with van der Waals surface area (Å²) < 4.78 is 0. The zero-order valence-corrected chi connectivity index (χ0v) is 13.9. The van der Waals surface area contributed by atoms with Gasteiger partial charge in [-0.15, -0.1) is 0 Å². The van der Waals surface area contributed by atoms with Crippen LogP contribution in [0.4, 0.5) is 5.69 Å². The Labute approximate surface area is 143 Å². The van der Waals surface area contributed by atoms with Crippen LogP contribution in [0.25, 0.3) is 0 Å². The van der Waals surface area contributed by atoms with Crippen LogP contribution < -0.4 is 4.90 Å². The monoisotopic (exact) mass is 315 g/mol. The van der Waals surface area contributed by atoms with Gasteiger partial charge < -0.3 is 4.90 Å². The molecule has 0 unspecified atom stereocenters. The van der Waals surface area contributed by atoms with E-state index >= 15 is 0 Å². The number of nitrogens with zero attached hydrogens (tertiary/aromatic N) is 1. The van der Waals surface area contributed by atoms with Gasteiger partial charge in [-0.3, -0.25) is 4.79 Å². The van der Waals surface area contributed by atoms with E-state index in [4.69, 9.17) is 0 Å². The summed E-state index contributed by atoms with van der Waals surface area (Å²) in [6, 6.07) is 28.8. The highest BCUT2D eigenvalue weighted by Gasteiger charge is 2.09. The molecule has 0 aliphatic rings. The Balaban J connectivity index is 1.83. The van der Waals surface area contributed by atoms with Crippen molar-refractivity contribution in [2.45, 2.75) is 20.0 Å². The van der Waals surface area contributed by atoms with E-state index < -0.39 is 0 Å². The highest BCUT2D eigenvalue weighted by atomic mass is 16.1. The summed E-state index contributed by atoms with van der Waals surface area (Å²) in [5.41, 5.74) is 4.42. The highest BCUT2D eigenvalue weighted by Crippen LogP contribution is 2.20. The second kappa shape index (κ2) is 7.60. The lowest BCUT2D eigenvalue weighted by Gasteiger charge is -2.25. The lowest BCUT2D eigenvalue weighted by molar-refractivity contribution is 0.101. The second-order valence-electron chi connectivity index (χ2n) is 5.93. The Bertz CT molecular complexity index is 779. The molecule has 0 aliphatic heterocycles. The SMILES string of the molecule is CC(=O)c1ccc(CN(Cc2ccccc2)c2ccccc2)cc1. The van der Waals surface area contributed by atoms with E-state index in [1.165, 1.54) is 16.8 Å². The molecule has 0 saturated carbocycles. The molecule has 0 bridgehead atoms. The van der Waals surface area contributed by atoms with Gasteiger partial charge in [-0.1, -0.05) is 72.8 Å². The molecule has 0 fully saturated rings. The van der Waals surface area contributed by atoms with Crippen LogP contribution in [0.2, 0.25) is 0 Å². The predicted octanol–water partition coefficient (Wildman–Crippen LogP) is 5.10. The molecular formula is C22H21NO. The van der Waals surface area contributed by atoms with Crippen LogP contribution >= 0.6 is 0 Å². The molecule has 3 aromatic carbocycles. The van der Waals surface area contributed by atoms with Crippen molar-refractivity contribution in [2.24, 2.45) is 0 Å². The van der Waals surface area contributed by atoms with E-state index in [2.05, 4.69) is 53.4 Å². The van der Waals surface area contributed by atoms with Crippen molar-refractivity contribution >= 4 is 11.5 Å². The third-order valence-corrected chi connectivity index (χ3v) is 4.07. The molecule has 120 valence electrons. The lowest BCUT2D eigenvalue weighted by Crippen LogP contribution is -2.22. The molecule has 3 rings (SSSR count). The minimum Gasteiger partial charge on any atom is -0.363 e. The largest absolute Gasteiger partial charge is 0.363 e. The normalized spacial score (nSPS) is 10.4. The fourth-order valence-corrected chi connectivity index (χ4v) is 2.75. The van der Waals surface area contributed by atoms with Gasteiger partial charge in [0.05, 0.1) is 0 Å². The van der Waals surface area contributed by atoms with Gasteiger partial charge in [-0.2, -0.15) is 0 Å². The number of Topliss-reactive ketones (excluding diaryl/α,β-unsaturated/α-hetero) is 1. The van der Waals surface area contributed by atoms with E-state index in [0.717, 1.165) is 18.7 Å². The molecule has 3 aromatic rings. The Morgan fingerprint density at radius 1 is 0.708 bits per heavy atom. The number of hydrogen-bond acceptors (Lipinski definition) is 2. The van der Waals surface area contributed by atoms with Gasteiger partial charge in [0.2, 0.25) is 0 Å². The molecule has 2 heteroatoms. The standard InChI is InChI=1S/C22H21NO/c1-18(24)21-14-12-20(13-15-21)17-23(22-10-6-3-7-11-22)16-19-8-4-2-5-9-19/h2-15H,16-17H2,1H3. The molecule has 0 aliphatic carbocycles. The summed E-state index contributed by atoms with van der Waals surface area (Å²) in [5, 5.41) is 0. The first-order chi connectivity index (χ1) is 11.7. The van der Waals surface area contributed by atoms with Crippen molar-refractivity contribution < 1.29 is 4.79 Å². The molecule has 0 heterocycles. The predicted molar refractivity (Wildman–Crippen MR) is 99.2 cm³/mol. The summed E-state index contributed by atoms with van der Waals surface area (Å²) in [4.78, 5) is 13.8. The van der Waals surface area contributed by atoms with Crippen LogP contribution in [0.3, 0.4) is 0 Å². The molecule has 24 heavy (non-hydrogen) atoms. The van der Waals surface area contributed by atoms with Crippen LogP contribution in [-0.4, -0.2) is 5.78 Å². The minimum absolute atomic E-state index is 0.103. The van der Waals surface area contributed by atoms with E-state index in [-0.39, 0.29) is 5.78 Å². The maximum atomic E-state index is 11.4. The van der Waals surface area contributed by atoms with Gasteiger partial charge in [0, 0.05) is 24.3 Å². The first-order valence-electron chi connectivity index (χ1n) is 8.16. The van der Waals surface area contributed by atoms with E-state index in [0.29, 0.717) is 0 Å². The first-order valence-corrected chi connectivity index (χ1v) is 8.16. The van der Waals surface area contributed by atoms with Crippen molar-refractivity contribution in [1.82, 2.24) is 0 Å². The highest BCUT2D eigenvalue weighted by molar-refractivity contribution is 5.94. The van der Waals surface area contributed by atoms with Gasteiger partial charge in [-0.05, 0) is 30.2 Å². The van der Waals surface area contributed by atoms with Crippen LogP contribution in [-0.2, 0) is 13.1 Å². The second-order valence-corrected chi connectivity index (χ2v) is 5.93. The van der Waals surface area contributed by atoms with Crippen molar-refractivity contribution in [3.63, 3.8) is 0 Å². The van der Waals surface area contributed by atoms with Crippen molar-refractivity contribution in [1.29, 1.82) is 0 Å². The number of carbonyl (C=O) groups excluding carboxylic acids is 1. The summed E-state index contributed by atoms with van der Waals surface area (Å²) >= 11 is 0. The number of hydrogen-bond donors (Lipinski definition) is 0. The Hall–Kier alpha value is -2.87. The van der Waals surface area contributed by atoms with Gasteiger partial charge in [0.25, 0.3) is 0 Å². The molecule has 0 amide bonds. The number of carbonyl (C=O) groups is 1. The topological polar surface area (TPSA) is 20.3 Å². The smallest absolute Gasteiger partial charge is 0.159 e. The molecule has 0 N–H and O–H groups in total. The molecular weight excluding hydrogens is 294 g/mol. The number of rotatable bonds is 6. The lowest BCUT2D eigenvalue weighted by atomic mass is 10.1. The molecule has 0 atom stereocenters. The van der Waals surface area contributed by atoms with Crippen LogP contribution in [0.1, 0.15) is 28.4 Å². The number of para-hydroxylation sites is 1. The fourth-order valence-electron chi connectivity index (χ4n) is 2.75. The average molecular weight is 315 g/mol. The van der Waals surface area contributed by atoms with Crippen molar-refractivity contribution in [3.05, 3.63) is 102 Å². The van der Waals surface area contributed by atoms with E-state index in [1.807, 2.05) is 36.4 Å². The summed E-state index contributed by atoms with van der Waals surface area (Å²) in [6.45, 7) is 3.25. The molecule has 0 radical (unpaired) electrons. The number of benzene rings is 3. The average Bonchev–Trinajstić information content (AvgIpc) is 2.63. The Morgan fingerprint density at radius 2 is 1.21 bits per heavy atom. The van der Waals surface area contributed by atoms with Crippen LogP contribution in [0, 0.1) is 0 Å². The summed E-state index contributed by atoms with van der Waals surface area (Å²) in [5.74, 6) is 0.103. The van der Waals surface area contributed by atoms with Gasteiger partial charge in [0.1, 0.15) is 0 Å². The summed E-state index contributed by atoms with van der Waals surface area (Å²) in [6.07, 6.45) is 0. The first kappa shape index (κ1) is 16.0. The van der Waals surface area contributed by atoms with Crippen LogP contribution in [0.15, 0.2) is 84.9 Å². The quantitative estimate of drug-likeness (QED) is 0.590. The maximum absolute atomic E-state index is 11.4. The summed E-state index contributed by atoms with van der Waals surface area (Å²) in [7, 11) is 0. The zero-order valence-electron chi connectivity index (χ0n) is 13.9. The Morgan fingerprint density at radius 3 is 1.75 bits per heavy atom. The molecule has 0 saturated heterocycles. The van der Waals surface area contributed by atoms with E-state index in [1.54, 1.807) is 6.92 Å². The van der Waals surface area contributed by atoms with Gasteiger partial charge in [0.15, 0.2) is 5.78 Å². The third-order valence-electron chi connectivity index (χ3n) is 4.07. The maximum Gasteiger partial charge on any atom is 0.159 e. The van der Waals surface area contributed by atoms with Gasteiger partial charge >= 0.3 is 0 Å². The molecule has 2 nitrogen and oxygen atoms in total. The minimum atomic E-state index is 0.103. The van der Waals surface area contributed by atoms with Crippen molar-refractivity contribution in [2.75, 3.05) is 4.90 Å². The molecule has 0 aromatic heterocycles. The van der Waals surface area contributed by atoms with Crippen LogP contribution in [0.5, 0.6) is 0 Å².